The van der Waals surface area contributed by atoms with Crippen molar-refractivity contribution >= 4 is 5.69 Å². The van der Waals surface area contributed by atoms with Crippen molar-refractivity contribution in [1.82, 2.24) is 10.2 Å². The van der Waals surface area contributed by atoms with E-state index in [1.165, 1.54) is 0 Å². The van der Waals surface area contributed by atoms with E-state index in [2.05, 4.69) is 10.2 Å². The lowest BCUT2D eigenvalue weighted by molar-refractivity contribution is 0.415. The lowest BCUT2D eigenvalue weighted by atomic mass is 10.1. The summed E-state index contributed by atoms with van der Waals surface area (Å²) in [6.45, 7) is 0. The number of hydrogen-bond acceptors (Lipinski definition) is 3. The highest BCUT2D eigenvalue weighted by atomic mass is 16.5. The number of aromatic nitrogens is 2. The van der Waals surface area contributed by atoms with Crippen molar-refractivity contribution in [3.63, 3.8) is 0 Å². The molecule has 0 bridgehead atoms. The zero-order valence-electron chi connectivity index (χ0n) is 7.82. The van der Waals surface area contributed by atoms with Crippen molar-refractivity contribution in [1.29, 1.82) is 0 Å². The first-order valence-corrected chi connectivity index (χ1v) is 4.24. The lowest BCUT2D eigenvalue weighted by Gasteiger charge is -2.05. The van der Waals surface area contributed by atoms with Gasteiger partial charge in [-0.1, -0.05) is 0 Å². The van der Waals surface area contributed by atoms with Gasteiger partial charge in [-0.2, -0.15) is 5.10 Å². The molecule has 14 heavy (non-hydrogen) atoms. The summed E-state index contributed by atoms with van der Waals surface area (Å²) < 4.78 is 5.06. The first-order valence-electron chi connectivity index (χ1n) is 4.24. The second-order valence-corrected chi connectivity index (χ2v) is 2.92. The number of nitrogens with two attached hydrogens (primary N) is 1. The predicted molar refractivity (Wildman–Crippen MR) is 55.0 cm³/mol. The minimum atomic E-state index is 0.675. The third-order valence-electron chi connectivity index (χ3n) is 2.05. The van der Waals surface area contributed by atoms with Crippen molar-refractivity contribution in [3.05, 3.63) is 30.5 Å². The zero-order valence-corrected chi connectivity index (χ0v) is 7.82. The van der Waals surface area contributed by atoms with Crippen LogP contribution in [0.15, 0.2) is 30.5 Å². The van der Waals surface area contributed by atoms with Crippen LogP contribution in [0.3, 0.4) is 0 Å². The molecule has 0 saturated carbocycles. The molecule has 1 aromatic carbocycles. The number of anilines is 1. The van der Waals surface area contributed by atoms with Gasteiger partial charge in [0, 0.05) is 23.5 Å². The first kappa shape index (κ1) is 8.62. The van der Waals surface area contributed by atoms with Crippen molar-refractivity contribution in [2.24, 2.45) is 0 Å². The van der Waals surface area contributed by atoms with Crippen LogP contribution in [-0.2, 0) is 0 Å². The maximum absolute atomic E-state index is 5.86. The molecule has 0 aliphatic heterocycles. The van der Waals surface area contributed by atoms with Crippen LogP contribution in [0, 0.1) is 0 Å². The summed E-state index contributed by atoms with van der Waals surface area (Å²) in [5, 5.41) is 6.73. The van der Waals surface area contributed by atoms with Gasteiger partial charge in [-0.05, 0) is 18.2 Å². The van der Waals surface area contributed by atoms with Crippen LogP contribution in [0.5, 0.6) is 5.75 Å². The van der Waals surface area contributed by atoms with Crippen molar-refractivity contribution in [2.45, 2.75) is 0 Å². The van der Waals surface area contributed by atoms with E-state index in [1.54, 1.807) is 19.4 Å². The van der Waals surface area contributed by atoms with Gasteiger partial charge in [0.05, 0.1) is 12.8 Å². The summed E-state index contributed by atoms with van der Waals surface area (Å²) in [5.74, 6) is 0.755. The van der Waals surface area contributed by atoms with Gasteiger partial charge in [-0.3, -0.25) is 5.10 Å². The number of nitrogens with one attached hydrogen (secondary N) is 1. The fraction of sp³-hybridized carbons (Fsp3) is 0.100. The fourth-order valence-electron chi connectivity index (χ4n) is 1.32. The van der Waals surface area contributed by atoms with Crippen LogP contribution in [0.25, 0.3) is 11.3 Å². The average Bonchev–Trinajstić information content (AvgIpc) is 2.70. The van der Waals surface area contributed by atoms with Gasteiger partial charge in [0.2, 0.25) is 0 Å². The molecule has 2 aromatic rings. The number of nitrogen functional groups attached to an aromatic ring is 1. The predicted octanol–water partition coefficient (Wildman–Crippen LogP) is 1.67. The van der Waals surface area contributed by atoms with E-state index in [-0.39, 0.29) is 0 Å². The number of ether oxygens (including phenoxy) is 1. The Morgan fingerprint density at radius 2 is 2.21 bits per heavy atom. The number of benzene rings is 1. The monoisotopic (exact) mass is 189 g/mol. The Kier molecular flexibility index (Phi) is 2.10. The highest BCUT2D eigenvalue weighted by molar-refractivity contribution is 5.74. The molecule has 0 fully saturated rings. The molecule has 3 N–H and O–H groups in total. The minimum Gasteiger partial charge on any atom is -0.497 e. The van der Waals surface area contributed by atoms with Crippen LogP contribution >= 0.6 is 0 Å². The zero-order chi connectivity index (χ0) is 9.97. The normalized spacial score (nSPS) is 10.1. The van der Waals surface area contributed by atoms with Gasteiger partial charge in [0.1, 0.15) is 5.75 Å². The van der Waals surface area contributed by atoms with Crippen LogP contribution in [0.1, 0.15) is 0 Å². The number of hydrogen-bond donors (Lipinski definition) is 2. The molecule has 4 nitrogen and oxygen atoms in total. The Balaban J connectivity index is 2.46. The second kappa shape index (κ2) is 3.41. The molecule has 0 saturated heterocycles. The van der Waals surface area contributed by atoms with E-state index in [0.29, 0.717) is 5.69 Å². The summed E-state index contributed by atoms with van der Waals surface area (Å²) in [5.41, 5.74) is 8.38. The Labute approximate surface area is 81.7 Å². The van der Waals surface area contributed by atoms with Crippen molar-refractivity contribution < 1.29 is 4.74 Å². The Morgan fingerprint density at radius 3 is 2.79 bits per heavy atom. The summed E-state index contributed by atoms with van der Waals surface area (Å²) in [7, 11) is 1.62. The Bertz CT molecular complexity index is 423. The fourth-order valence-corrected chi connectivity index (χ4v) is 1.32. The molecule has 0 unspecified atom stereocenters. The summed E-state index contributed by atoms with van der Waals surface area (Å²) in [6.07, 6.45) is 1.69. The molecular formula is C10H11N3O. The third kappa shape index (κ3) is 1.42. The summed E-state index contributed by atoms with van der Waals surface area (Å²) >= 11 is 0. The molecule has 1 heterocycles. The van der Waals surface area contributed by atoms with E-state index in [0.717, 1.165) is 17.0 Å². The summed E-state index contributed by atoms with van der Waals surface area (Å²) in [4.78, 5) is 0. The maximum Gasteiger partial charge on any atom is 0.120 e. The number of rotatable bonds is 2. The SMILES string of the molecule is COc1ccc(-c2ccn[nH]2)c(N)c1. The Morgan fingerprint density at radius 1 is 1.36 bits per heavy atom. The van der Waals surface area contributed by atoms with Crippen LogP contribution < -0.4 is 10.5 Å². The first-order chi connectivity index (χ1) is 6.81. The molecule has 0 spiro atoms. The quantitative estimate of drug-likeness (QED) is 0.706. The second-order valence-electron chi connectivity index (χ2n) is 2.92. The molecular weight excluding hydrogens is 178 g/mol. The van der Waals surface area contributed by atoms with Crippen LogP contribution in [0.4, 0.5) is 5.69 Å². The molecule has 0 amide bonds. The molecule has 0 radical (unpaired) electrons. The molecule has 1 aromatic heterocycles. The largest absolute Gasteiger partial charge is 0.497 e. The average molecular weight is 189 g/mol. The molecule has 2 rings (SSSR count). The number of H-pyrrole nitrogens is 1. The lowest BCUT2D eigenvalue weighted by Crippen LogP contribution is -1.92. The standard InChI is InChI=1S/C10H11N3O/c1-14-7-2-3-8(9(11)6-7)10-4-5-12-13-10/h2-6H,11H2,1H3,(H,12,13). The van der Waals surface area contributed by atoms with E-state index in [9.17, 15) is 0 Å². The van der Waals surface area contributed by atoms with E-state index >= 15 is 0 Å². The van der Waals surface area contributed by atoms with Gasteiger partial charge in [-0.25, -0.2) is 0 Å². The van der Waals surface area contributed by atoms with Gasteiger partial charge >= 0.3 is 0 Å². The van der Waals surface area contributed by atoms with Crippen molar-refractivity contribution in [2.75, 3.05) is 12.8 Å². The minimum absolute atomic E-state index is 0.675. The topological polar surface area (TPSA) is 63.9 Å². The summed E-state index contributed by atoms with van der Waals surface area (Å²) in [6, 6.07) is 7.43. The van der Waals surface area contributed by atoms with Gasteiger partial charge < -0.3 is 10.5 Å². The highest BCUT2D eigenvalue weighted by Crippen LogP contribution is 2.27. The molecule has 0 aliphatic carbocycles. The smallest absolute Gasteiger partial charge is 0.120 e. The van der Waals surface area contributed by atoms with E-state index in [4.69, 9.17) is 10.5 Å². The van der Waals surface area contributed by atoms with E-state index < -0.39 is 0 Å². The van der Waals surface area contributed by atoms with Crippen LogP contribution in [0.2, 0.25) is 0 Å². The number of aromatic amines is 1. The molecule has 4 heteroatoms. The van der Waals surface area contributed by atoms with Crippen molar-refractivity contribution in [3.8, 4) is 17.0 Å². The third-order valence-corrected chi connectivity index (χ3v) is 2.05. The van der Waals surface area contributed by atoms with Gasteiger partial charge in [0.25, 0.3) is 0 Å². The van der Waals surface area contributed by atoms with Crippen LogP contribution in [-0.4, -0.2) is 17.3 Å². The van der Waals surface area contributed by atoms with Gasteiger partial charge in [-0.15, -0.1) is 0 Å². The highest BCUT2D eigenvalue weighted by Gasteiger charge is 2.04. The number of methoxy groups -OCH3 is 1. The van der Waals surface area contributed by atoms with Gasteiger partial charge in [0.15, 0.2) is 0 Å². The maximum atomic E-state index is 5.86. The molecule has 0 atom stereocenters. The Hall–Kier alpha value is -1.97. The van der Waals surface area contributed by atoms with E-state index in [1.807, 2.05) is 18.2 Å². The number of nitrogens with zero attached hydrogens (tertiary/aromatic N) is 1. The molecule has 72 valence electrons. The molecule has 0 aliphatic rings.